The number of rotatable bonds is 2. The van der Waals surface area contributed by atoms with Crippen molar-refractivity contribution in [2.24, 2.45) is 5.84 Å². The number of amides is 1. The first kappa shape index (κ1) is 12.9. The van der Waals surface area contributed by atoms with Crippen LogP contribution in [0.5, 0.6) is 11.5 Å². The number of benzene rings is 1. The molecule has 4 N–H and O–H groups in total. The number of hydrogen-bond donors (Lipinski definition) is 3. The van der Waals surface area contributed by atoms with Crippen LogP contribution >= 0.6 is 24.0 Å². The lowest BCUT2D eigenvalue weighted by molar-refractivity contribution is -0.125. The van der Waals surface area contributed by atoms with Crippen molar-refractivity contribution in [1.82, 2.24) is 5.01 Å². The Morgan fingerprint density at radius 3 is 2.67 bits per heavy atom. The first-order valence-electron chi connectivity index (χ1n) is 4.98. The molecule has 0 spiro atoms. The highest BCUT2D eigenvalue weighted by molar-refractivity contribution is 8.24. The van der Waals surface area contributed by atoms with E-state index >= 15 is 0 Å². The van der Waals surface area contributed by atoms with Crippen LogP contribution in [0.4, 0.5) is 0 Å². The number of thiocarbonyl (C=S) groups is 1. The Hall–Kier alpha value is -1.57. The number of nitrogens with zero attached hydrogens (tertiary/aromatic N) is 1. The predicted molar refractivity (Wildman–Crippen MR) is 73.8 cm³/mol. The maximum Gasteiger partial charge on any atom is 0.259 e. The molecule has 1 heterocycles. The highest BCUT2D eigenvalue weighted by Crippen LogP contribution is 2.28. The molecule has 0 saturated carbocycles. The van der Waals surface area contributed by atoms with E-state index in [0.29, 0.717) is 9.88 Å². The molecule has 0 radical (unpaired) electrons. The largest absolute Gasteiger partial charge is 0.504 e. The van der Waals surface area contributed by atoms with Crippen molar-refractivity contribution in [3.63, 3.8) is 0 Å². The molecule has 5 nitrogen and oxygen atoms in total. The van der Waals surface area contributed by atoms with Crippen molar-refractivity contribution in [3.8, 4) is 11.5 Å². The average molecular weight is 282 g/mol. The number of carbonyl (C=O) groups excluding carboxylic acids is 1. The molecule has 1 saturated heterocycles. The summed E-state index contributed by atoms with van der Waals surface area (Å²) in [6.45, 7) is 0. The third-order valence-electron chi connectivity index (χ3n) is 2.37. The molecular formula is C11H10N2O3S2. The molecular weight excluding hydrogens is 272 g/mol. The van der Waals surface area contributed by atoms with Crippen LogP contribution in [0.15, 0.2) is 24.3 Å². The molecule has 1 aliphatic heterocycles. The van der Waals surface area contributed by atoms with Gasteiger partial charge in [0, 0.05) is 0 Å². The van der Waals surface area contributed by atoms with Gasteiger partial charge < -0.3 is 10.2 Å². The summed E-state index contributed by atoms with van der Waals surface area (Å²) in [6.07, 6.45) is 3.31. The zero-order chi connectivity index (χ0) is 13.3. The number of nitrogens with two attached hydrogens (primary N) is 1. The first-order chi connectivity index (χ1) is 8.49. The standard InChI is InChI=1S/C11H10N2O3S2/c12-13-10(16)9(18-11(13)17)4-2-6-1-3-7(14)8(15)5-6/h1-5,9,14-15H,12H2. The van der Waals surface area contributed by atoms with Crippen molar-refractivity contribution in [1.29, 1.82) is 0 Å². The summed E-state index contributed by atoms with van der Waals surface area (Å²) < 4.78 is 0.336. The monoisotopic (exact) mass is 282 g/mol. The van der Waals surface area contributed by atoms with E-state index < -0.39 is 5.25 Å². The summed E-state index contributed by atoms with van der Waals surface area (Å²) in [4.78, 5) is 11.6. The smallest absolute Gasteiger partial charge is 0.259 e. The van der Waals surface area contributed by atoms with Crippen molar-refractivity contribution in [2.45, 2.75) is 5.25 Å². The first-order valence-corrected chi connectivity index (χ1v) is 6.27. The summed E-state index contributed by atoms with van der Waals surface area (Å²) in [6, 6.07) is 4.39. The SMILES string of the molecule is NN1C(=O)C(C=Cc2ccc(O)c(O)c2)SC1=S. The Kier molecular flexibility index (Phi) is 3.55. The third-order valence-corrected chi connectivity index (χ3v) is 3.86. The summed E-state index contributed by atoms with van der Waals surface area (Å²) >= 11 is 6.09. The minimum Gasteiger partial charge on any atom is -0.504 e. The number of phenols is 2. The van der Waals surface area contributed by atoms with Gasteiger partial charge in [0.25, 0.3) is 5.91 Å². The molecule has 2 rings (SSSR count). The van der Waals surface area contributed by atoms with Crippen LogP contribution < -0.4 is 5.84 Å². The summed E-state index contributed by atoms with van der Waals surface area (Å²) in [7, 11) is 0. The van der Waals surface area contributed by atoms with Gasteiger partial charge in [0.05, 0.1) is 0 Å². The number of hydrazine groups is 1. The van der Waals surface area contributed by atoms with Crippen LogP contribution in [-0.4, -0.2) is 30.7 Å². The Labute approximate surface area is 113 Å². The zero-order valence-corrected chi connectivity index (χ0v) is 10.7. The summed E-state index contributed by atoms with van der Waals surface area (Å²) in [5.41, 5.74) is 0.667. The van der Waals surface area contributed by atoms with Crippen molar-refractivity contribution in [3.05, 3.63) is 29.8 Å². The van der Waals surface area contributed by atoms with Gasteiger partial charge in [-0.05, 0) is 17.7 Å². The normalized spacial score (nSPS) is 20.1. The van der Waals surface area contributed by atoms with Gasteiger partial charge in [-0.25, -0.2) is 10.9 Å². The van der Waals surface area contributed by atoms with E-state index in [2.05, 4.69) is 0 Å². The van der Waals surface area contributed by atoms with Crippen LogP contribution in [0.3, 0.4) is 0 Å². The second-order valence-electron chi connectivity index (χ2n) is 3.62. The fourth-order valence-corrected chi connectivity index (χ4v) is 2.60. The lowest BCUT2D eigenvalue weighted by Crippen LogP contribution is -2.36. The number of thioether (sulfide) groups is 1. The van der Waals surface area contributed by atoms with Gasteiger partial charge in [0.15, 0.2) is 15.8 Å². The van der Waals surface area contributed by atoms with E-state index in [1.807, 2.05) is 0 Å². The van der Waals surface area contributed by atoms with Crippen LogP contribution in [0.25, 0.3) is 6.08 Å². The molecule has 0 aliphatic carbocycles. The summed E-state index contributed by atoms with van der Waals surface area (Å²) in [5, 5.41) is 19.0. The van der Waals surface area contributed by atoms with E-state index in [0.717, 1.165) is 5.01 Å². The highest BCUT2D eigenvalue weighted by atomic mass is 32.2. The molecule has 1 amide bonds. The fraction of sp³-hybridized carbons (Fsp3) is 0.0909. The Balaban J connectivity index is 2.14. The fourth-order valence-electron chi connectivity index (χ4n) is 1.41. The third kappa shape index (κ3) is 2.47. The molecule has 1 aliphatic rings. The maximum absolute atomic E-state index is 11.6. The molecule has 7 heteroatoms. The van der Waals surface area contributed by atoms with E-state index in [1.165, 1.54) is 23.9 Å². The van der Waals surface area contributed by atoms with Gasteiger partial charge in [-0.15, -0.1) is 0 Å². The Morgan fingerprint density at radius 1 is 1.39 bits per heavy atom. The predicted octanol–water partition coefficient (Wildman–Crippen LogP) is 1.21. The molecule has 1 aromatic rings. The number of hydrogen-bond acceptors (Lipinski definition) is 6. The second-order valence-corrected chi connectivity index (χ2v) is 5.40. The van der Waals surface area contributed by atoms with Crippen molar-refractivity contribution < 1.29 is 15.0 Å². The van der Waals surface area contributed by atoms with Crippen molar-refractivity contribution >= 4 is 40.3 Å². The van der Waals surface area contributed by atoms with Crippen LogP contribution in [0, 0.1) is 0 Å². The van der Waals surface area contributed by atoms with Gasteiger partial charge in [0.2, 0.25) is 0 Å². The molecule has 0 bridgehead atoms. The second kappa shape index (κ2) is 4.97. The van der Waals surface area contributed by atoms with E-state index in [9.17, 15) is 9.90 Å². The molecule has 1 unspecified atom stereocenters. The molecule has 1 atom stereocenters. The van der Waals surface area contributed by atoms with Gasteiger partial charge in [-0.3, -0.25) is 4.79 Å². The maximum atomic E-state index is 11.6. The quantitative estimate of drug-likeness (QED) is 0.327. The van der Waals surface area contributed by atoms with E-state index in [-0.39, 0.29) is 17.4 Å². The van der Waals surface area contributed by atoms with E-state index in [1.54, 1.807) is 18.2 Å². The van der Waals surface area contributed by atoms with Crippen molar-refractivity contribution in [2.75, 3.05) is 0 Å². The Bertz CT molecular complexity index is 545. The van der Waals surface area contributed by atoms with Crippen LogP contribution in [0.2, 0.25) is 0 Å². The number of carbonyl (C=O) groups is 1. The topological polar surface area (TPSA) is 86.8 Å². The van der Waals surface area contributed by atoms with Crippen LogP contribution in [-0.2, 0) is 4.79 Å². The minimum absolute atomic E-state index is 0.187. The number of aromatic hydroxyl groups is 2. The Morgan fingerprint density at radius 2 is 2.11 bits per heavy atom. The summed E-state index contributed by atoms with van der Waals surface area (Å²) in [5.74, 6) is 4.77. The minimum atomic E-state index is -0.446. The average Bonchev–Trinajstić information content (AvgIpc) is 2.58. The lowest BCUT2D eigenvalue weighted by Gasteiger charge is -2.04. The lowest BCUT2D eigenvalue weighted by atomic mass is 10.1. The number of phenolic OH excluding ortho intramolecular Hbond substituents is 2. The highest BCUT2D eigenvalue weighted by Gasteiger charge is 2.33. The molecule has 1 fully saturated rings. The molecule has 18 heavy (non-hydrogen) atoms. The van der Waals surface area contributed by atoms with Gasteiger partial charge >= 0.3 is 0 Å². The van der Waals surface area contributed by atoms with Gasteiger partial charge in [-0.1, -0.05) is 42.2 Å². The zero-order valence-electron chi connectivity index (χ0n) is 9.11. The van der Waals surface area contributed by atoms with Gasteiger partial charge in [0.1, 0.15) is 5.25 Å². The van der Waals surface area contributed by atoms with Gasteiger partial charge in [-0.2, -0.15) is 0 Å². The molecule has 1 aromatic carbocycles. The molecule has 94 valence electrons. The van der Waals surface area contributed by atoms with E-state index in [4.69, 9.17) is 23.2 Å². The van der Waals surface area contributed by atoms with Crippen LogP contribution in [0.1, 0.15) is 5.56 Å². The molecule has 0 aromatic heterocycles.